The number of rotatable bonds is 3. The standard InChI is InChI=1S/C18H15NO4/c1-11(20)23-17-14-10-13(22-2)8-9-15(14)19-18(21)16(17)12-6-4-3-5-7-12/h3-10H,1-2H3,(H,19,21). The molecule has 1 N–H and O–H groups in total. The second-order valence-electron chi connectivity index (χ2n) is 5.03. The van der Waals surface area contributed by atoms with E-state index in [2.05, 4.69) is 4.98 Å². The van der Waals surface area contributed by atoms with Gasteiger partial charge in [-0.2, -0.15) is 0 Å². The van der Waals surface area contributed by atoms with Crippen LogP contribution in [0.1, 0.15) is 6.92 Å². The molecule has 3 rings (SSSR count). The lowest BCUT2D eigenvalue weighted by molar-refractivity contribution is -0.131. The molecule has 0 saturated carbocycles. The van der Waals surface area contributed by atoms with E-state index in [-0.39, 0.29) is 11.3 Å². The van der Waals surface area contributed by atoms with Crippen molar-refractivity contribution in [3.05, 3.63) is 58.9 Å². The van der Waals surface area contributed by atoms with Crippen LogP contribution in [0.4, 0.5) is 0 Å². The van der Waals surface area contributed by atoms with Crippen LogP contribution in [0.5, 0.6) is 11.5 Å². The molecule has 0 aliphatic heterocycles. The zero-order valence-electron chi connectivity index (χ0n) is 12.8. The first-order valence-electron chi connectivity index (χ1n) is 7.08. The van der Waals surface area contributed by atoms with E-state index in [0.29, 0.717) is 27.8 Å². The van der Waals surface area contributed by atoms with Gasteiger partial charge in [0.2, 0.25) is 0 Å². The highest BCUT2D eigenvalue weighted by Crippen LogP contribution is 2.35. The van der Waals surface area contributed by atoms with E-state index in [1.54, 1.807) is 37.4 Å². The highest BCUT2D eigenvalue weighted by atomic mass is 16.5. The summed E-state index contributed by atoms with van der Waals surface area (Å²) in [7, 11) is 1.55. The van der Waals surface area contributed by atoms with Gasteiger partial charge in [-0.15, -0.1) is 0 Å². The Labute approximate surface area is 132 Å². The molecule has 0 spiro atoms. The predicted octanol–water partition coefficient (Wildman–Crippen LogP) is 3.13. The van der Waals surface area contributed by atoms with E-state index in [4.69, 9.17) is 9.47 Å². The van der Waals surface area contributed by atoms with Gasteiger partial charge in [0.25, 0.3) is 5.56 Å². The maximum Gasteiger partial charge on any atom is 0.308 e. The Morgan fingerprint density at radius 2 is 1.83 bits per heavy atom. The molecular formula is C18H15NO4. The molecule has 5 nitrogen and oxygen atoms in total. The number of esters is 1. The summed E-state index contributed by atoms with van der Waals surface area (Å²) >= 11 is 0. The number of hydrogen-bond donors (Lipinski definition) is 1. The summed E-state index contributed by atoms with van der Waals surface area (Å²) in [4.78, 5) is 26.9. The molecular weight excluding hydrogens is 294 g/mol. The van der Waals surface area contributed by atoms with Gasteiger partial charge in [0.05, 0.1) is 18.2 Å². The minimum atomic E-state index is -0.489. The Balaban J connectivity index is 2.40. The van der Waals surface area contributed by atoms with E-state index in [1.807, 2.05) is 18.2 Å². The number of fused-ring (bicyclic) bond motifs is 1. The van der Waals surface area contributed by atoms with Gasteiger partial charge < -0.3 is 14.5 Å². The number of nitrogens with one attached hydrogen (secondary N) is 1. The Bertz CT molecular complexity index is 929. The van der Waals surface area contributed by atoms with Crippen LogP contribution < -0.4 is 15.0 Å². The number of aromatic amines is 1. The number of hydrogen-bond acceptors (Lipinski definition) is 4. The molecule has 3 aromatic rings. The number of ether oxygens (including phenoxy) is 2. The van der Waals surface area contributed by atoms with Crippen molar-refractivity contribution in [3.8, 4) is 22.6 Å². The summed E-state index contributed by atoms with van der Waals surface area (Å²) in [6.45, 7) is 1.31. The second kappa shape index (κ2) is 5.96. The Morgan fingerprint density at radius 1 is 1.09 bits per heavy atom. The van der Waals surface area contributed by atoms with E-state index >= 15 is 0 Å². The number of aromatic nitrogens is 1. The SMILES string of the molecule is COc1ccc2[nH]c(=O)c(-c3ccccc3)c(OC(C)=O)c2c1. The summed E-state index contributed by atoms with van der Waals surface area (Å²) in [6, 6.07) is 14.3. The van der Waals surface area contributed by atoms with Gasteiger partial charge in [0.1, 0.15) is 5.75 Å². The number of carbonyl (C=O) groups excluding carboxylic acids is 1. The van der Waals surface area contributed by atoms with E-state index < -0.39 is 5.97 Å². The van der Waals surface area contributed by atoms with Crippen LogP contribution in [0.15, 0.2) is 53.3 Å². The summed E-state index contributed by atoms with van der Waals surface area (Å²) < 4.78 is 10.6. The molecule has 0 aliphatic carbocycles. The highest BCUT2D eigenvalue weighted by Gasteiger charge is 2.18. The quantitative estimate of drug-likeness (QED) is 0.755. The monoisotopic (exact) mass is 309 g/mol. The fourth-order valence-corrected chi connectivity index (χ4v) is 2.49. The molecule has 2 aromatic carbocycles. The minimum absolute atomic E-state index is 0.237. The van der Waals surface area contributed by atoms with Crippen molar-refractivity contribution in [1.29, 1.82) is 0 Å². The van der Waals surface area contributed by atoms with Gasteiger partial charge in [-0.3, -0.25) is 9.59 Å². The molecule has 23 heavy (non-hydrogen) atoms. The summed E-state index contributed by atoms with van der Waals surface area (Å²) in [5, 5.41) is 0.609. The topological polar surface area (TPSA) is 68.4 Å². The first kappa shape index (κ1) is 14.8. The van der Waals surface area contributed by atoms with Crippen molar-refractivity contribution < 1.29 is 14.3 Å². The van der Waals surface area contributed by atoms with Gasteiger partial charge in [0, 0.05) is 12.3 Å². The average Bonchev–Trinajstić information content (AvgIpc) is 2.55. The van der Waals surface area contributed by atoms with Crippen molar-refractivity contribution in [3.63, 3.8) is 0 Å². The van der Waals surface area contributed by atoms with Crippen LogP contribution in [0, 0.1) is 0 Å². The number of benzene rings is 2. The lowest BCUT2D eigenvalue weighted by Crippen LogP contribution is -2.14. The summed E-state index contributed by atoms with van der Waals surface area (Å²) in [5.74, 6) is 0.357. The zero-order valence-corrected chi connectivity index (χ0v) is 12.8. The first-order chi connectivity index (χ1) is 11.1. The first-order valence-corrected chi connectivity index (χ1v) is 7.08. The van der Waals surface area contributed by atoms with Crippen molar-refractivity contribution in [2.24, 2.45) is 0 Å². The minimum Gasteiger partial charge on any atom is -0.497 e. The van der Waals surface area contributed by atoms with Crippen molar-refractivity contribution in [2.45, 2.75) is 6.92 Å². The lowest BCUT2D eigenvalue weighted by atomic mass is 10.0. The summed E-state index contributed by atoms with van der Waals surface area (Å²) in [6.07, 6.45) is 0. The molecule has 0 aliphatic rings. The molecule has 0 radical (unpaired) electrons. The smallest absolute Gasteiger partial charge is 0.308 e. The number of methoxy groups -OCH3 is 1. The van der Waals surface area contributed by atoms with Crippen LogP contribution in [0.2, 0.25) is 0 Å². The van der Waals surface area contributed by atoms with Crippen LogP contribution in [-0.2, 0) is 4.79 Å². The Kier molecular flexibility index (Phi) is 3.85. The maximum absolute atomic E-state index is 12.5. The van der Waals surface area contributed by atoms with E-state index in [0.717, 1.165) is 0 Å². The fourth-order valence-electron chi connectivity index (χ4n) is 2.49. The molecule has 1 aromatic heterocycles. The molecule has 5 heteroatoms. The van der Waals surface area contributed by atoms with Gasteiger partial charge in [0.15, 0.2) is 5.75 Å². The maximum atomic E-state index is 12.5. The van der Waals surface area contributed by atoms with Crippen LogP contribution in [0.25, 0.3) is 22.0 Å². The lowest BCUT2D eigenvalue weighted by Gasteiger charge is -2.12. The largest absolute Gasteiger partial charge is 0.497 e. The van der Waals surface area contributed by atoms with Gasteiger partial charge in [-0.05, 0) is 23.8 Å². The normalized spacial score (nSPS) is 10.5. The third-order valence-electron chi connectivity index (χ3n) is 3.48. The van der Waals surface area contributed by atoms with E-state index in [9.17, 15) is 9.59 Å². The van der Waals surface area contributed by atoms with E-state index in [1.165, 1.54) is 6.92 Å². The highest BCUT2D eigenvalue weighted by molar-refractivity contribution is 5.95. The average molecular weight is 309 g/mol. The van der Waals surface area contributed by atoms with Gasteiger partial charge >= 0.3 is 5.97 Å². The number of pyridine rings is 1. The van der Waals surface area contributed by atoms with Crippen LogP contribution >= 0.6 is 0 Å². The molecule has 1 heterocycles. The molecule has 0 fully saturated rings. The zero-order chi connectivity index (χ0) is 16.4. The Morgan fingerprint density at radius 3 is 2.48 bits per heavy atom. The van der Waals surface area contributed by atoms with Crippen LogP contribution in [-0.4, -0.2) is 18.1 Å². The molecule has 0 bridgehead atoms. The Hall–Kier alpha value is -3.08. The molecule has 116 valence electrons. The van der Waals surface area contributed by atoms with Crippen molar-refractivity contribution >= 4 is 16.9 Å². The molecule has 0 saturated heterocycles. The summed E-state index contributed by atoms with van der Waals surface area (Å²) in [5.41, 5.74) is 1.26. The molecule has 0 atom stereocenters. The van der Waals surface area contributed by atoms with Crippen LogP contribution in [0.3, 0.4) is 0 Å². The number of H-pyrrole nitrogens is 1. The van der Waals surface area contributed by atoms with Gasteiger partial charge in [-0.1, -0.05) is 30.3 Å². The second-order valence-corrected chi connectivity index (χ2v) is 5.03. The van der Waals surface area contributed by atoms with Crippen molar-refractivity contribution in [2.75, 3.05) is 7.11 Å². The molecule has 0 amide bonds. The van der Waals surface area contributed by atoms with Gasteiger partial charge in [-0.25, -0.2) is 0 Å². The molecule has 0 unspecified atom stereocenters. The third-order valence-corrected chi connectivity index (χ3v) is 3.48. The predicted molar refractivity (Wildman–Crippen MR) is 87.9 cm³/mol. The third kappa shape index (κ3) is 2.81. The van der Waals surface area contributed by atoms with Crippen molar-refractivity contribution in [1.82, 2.24) is 4.98 Å². The number of carbonyl (C=O) groups is 1. The fraction of sp³-hybridized carbons (Fsp3) is 0.111.